The van der Waals surface area contributed by atoms with Crippen LogP contribution in [0.25, 0.3) is 0 Å². The van der Waals surface area contributed by atoms with Gasteiger partial charge in [-0.15, -0.1) is 0 Å². The molecule has 3 N–H and O–H groups in total. The van der Waals surface area contributed by atoms with Gasteiger partial charge in [0.25, 0.3) is 5.91 Å². The van der Waals surface area contributed by atoms with E-state index in [1.54, 1.807) is 6.92 Å². The van der Waals surface area contributed by atoms with E-state index in [0.29, 0.717) is 6.54 Å². The topological polar surface area (TPSA) is 55.1 Å². The summed E-state index contributed by atoms with van der Waals surface area (Å²) in [5, 5.41) is 2.51. The van der Waals surface area contributed by atoms with Crippen LogP contribution in [0.1, 0.15) is 28.9 Å². The molecule has 1 rings (SSSR count). The van der Waals surface area contributed by atoms with Crippen LogP contribution in [0.2, 0.25) is 0 Å². The van der Waals surface area contributed by atoms with E-state index in [1.807, 2.05) is 0 Å². The molecule has 0 aromatic heterocycles. The van der Waals surface area contributed by atoms with Gasteiger partial charge in [0.2, 0.25) is 0 Å². The standard InChI is InChI=1S/C11H13F3N2O/c1-2-16-10(17)8-5-3-4-7(6-8)9(15)11(12,13)14/h3-6,9H,2,15H2,1H3,(H,16,17). The molecule has 0 saturated heterocycles. The van der Waals surface area contributed by atoms with Crippen LogP contribution < -0.4 is 11.1 Å². The normalized spacial score (nSPS) is 13.2. The lowest BCUT2D eigenvalue weighted by Crippen LogP contribution is -2.29. The van der Waals surface area contributed by atoms with Crippen LogP contribution in [-0.2, 0) is 0 Å². The number of nitrogens with one attached hydrogen (secondary N) is 1. The van der Waals surface area contributed by atoms with Crippen LogP contribution in [0.4, 0.5) is 13.2 Å². The maximum Gasteiger partial charge on any atom is 0.407 e. The predicted molar refractivity (Wildman–Crippen MR) is 57.4 cm³/mol. The maximum atomic E-state index is 12.4. The van der Waals surface area contributed by atoms with Gasteiger partial charge in [0.05, 0.1) is 0 Å². The zero-order chi connectivity index (χ0) is 13.1. The number of amides is 1. The Bertz CT molecular complexity index is 404. The molecule has 0 aliphatic carbocycles. The van der Waals surface area contributed by atoms with E-state index in [9.17, 15) is 18.0 Å². The van der Waals surface area contributed by atoms with Crippen molar-refractivity contribution in [1.29, 1.82) is 0 Å². The Hall–Kier alpha value is -1.56. The fraction of sp³-hybridized carbons (Fsp3) is 0.364. The SMILES string of the molecule is CCNC(=O)c1cccc(C(N)C(F)(F)F)c1. The second kappa shape index (κ2) is 5.18. The van der Waals surface area contributed by atoms with Crippen molar-refractivity contribution in [2.24, 2.45) is 5.73 Å². The zero-order valence-electron chi connectivity index (χ0n) is 9.21. The van der Waals surface area contributed by atoms with Gasteiger partial charge in [-0.05, 0) is 24.6 Å². The highest BCUT2D eigenvalue weighted by Crippen LogP contribution is 2.30. The minimum absolute atomic E-state index is 0.124. The van der Waals surface area contributed by atoms with Crippen molar-refractivity contribution >= 4 is 5.91 Å². The number of nitrogens with two attached hydrogens (primary N) is 1. The molecule has 0 spiro atoms. The van der Waals surface area contributed by atoms with E-state index in [-0.39, 0.29) is 11.1 Å². The summed E-state index contributed by atoms with van der Waals surface area (Å²) in [5.41, 5.74) is 5.10. The minimum Gasteiger partial charge on any atom is -0.352 e. The summed E-state index contributed by atoms with van der Waals surface area (Å²) in [7, 11) is 0. The molecule has 0 aliphatic rings. The van der Waals surface area contributed by atoms with Gasteiger partial charge in [-0.25, -0.2) is 0 Å². The van der Waals surface area contributed by atoms with Crippen LogP contribution >= 0.6 is 0 Å². The number of halogens is 3. The lowest BCUT2D eigenvalue weighted by atomic mass is 10.0. The first-order valence-corrected chi connectivity index (χ1v) is 5.06. The molecule has 1 aromatic rings. The van der Waals surface area contributed by atoms with Gasteiger partial charge in [0.1, 0.15) is 6.04 Å². The number of carbonyl (C=O) groups excluding carboxylic acids is 1. The summed E-state index contributed by atoms with van der Waals surface area (Å²) in [6.45, 7) is 2.14. The van der Waals surface area contributed by atoms with Crippen molar-refractivity contribution < 1.29 is 18.0 Å². The Labute approximate surface area is 96.8 Å². The van der Waals surface area contributed by atoms with Crippen molar-refractivity contribution in [2.45, 2.75) is 19.1 Å². The molecule has 6 heteroatoms. The molecule has 0 heterocycles. The van der Waals surface area contributed by atoms with Gasteiger partial charge >= 0.3 is 6.18 Å². The summed E-state index contributed by atoms with van der Waals surface area (Å²) in [4.78, 5) is 11.4. The van der Waals surface area contributed by atoms with Gasteiger partial charge in [-0.1, -0.05) is 12.1 Å². The molecular formula is C11H13F3N2O. The second-order valence-electron chi connectivity index (χ2n) is 3.50. The first-order chi connectivity index (χ1) is 7.86. The number of rotatable bonds is 3. The van der Waals surface area contributed by atoms with Crippen molar-refractivity contribution in [3.8, 4) is 0 Å². The van der Waals surface area contributed by atoms with Gasteiger partial charge in [-0.3, -0.25) is 4.79 Å². The van der Waals surface area contributed by atoms with Gasteiger partial charge in [0, 0.05) is 12.1 Å². The molecular weight excluding hydrogens is 233 g/mol. The molecule has 1 atom stereocenters. The number of carbonyl (C=O) groups is 1. The third kappa shape index (κ3) is 3.45. The predicted octanol–water partition coefficient (Wildman–Crippen LogP) is 2.00. The van der Waals surface area contributed by atoms with E-state index in [1.165, 1.54) is 18.2 Å². The van der Waals surface area contributed by atoms with E-state index >= 15 is 0 Å². The van der Waals surface area contributed by atoms with Crippen LogP contribution in [0.3, 0.4) is 0 Å². The highest BCUT2D eigenvalue weighted by Gasteiger charge is 2.37. The first-order valence-electron chi connectivity index (χ1n) is 5.06. The Balaban J connectivity index is 2.97. The van der Waals surface area contributed by atoms with E-state index in [4.69, 9.17) is 5.73 Å². The summed E-state index contributed by atoms with van der Waals surface area (Å²) >= 11 is 0. The number of benzene rings is 1. The van der Waals surface area contributed by atoms with Crippen molar-refractivity contribution in [3.05, 3.63) is 35.4 Å². The molecule has 17 heavy (non-hydrogen) atoms. The average Bonchev–Trinajstić information content (AvgIpc) is 2.27. The van der Waals surface area contributed by atoms with Gasteiger partial charge < -0.3 is 11.1 Å². The second-order valence-corrected chi connectivity index (χ2v) is 3.50. The Morgan fingerprint density at radius 1 is 1.47 bits per heavy atom. The molecule has 3 nitrogen and oxygen atoms in total. The third-order valence-electron chi connectivity index (χ3n) is 2.20. The number of hydrogen-bond acceptors (Lipinski definition) is 2. The molecule has 94 valence electrons. The minimum atomic E-state index is -4.51. The lowest BCUT2D eigenvalue weighted by molar-refractivity contribution is -0.149. The van der Waals surface area contributed by atoms with E-state index in [2.05, 4.69) is 5.32 Å². The van der Waals surface area contributed by atoms with Gasteiger partial charge in [-0.2, -0.15) is 13.2 Å². The quantitative estimate of drug-likeness (QED) is 0.857. The van der Waals surface area contributed by atoms with Crippen LogP contribution in [0.5, 0.6) is 0 Å². The number of hydrogen-bond donors (Lipinski definition) is 2. The monoisotopic (exact) mass is 246 g/mol. The molecule has 0 aliphatic heterocycles. The molecule has 0 fully saturated rings. The van der Waals surface area contributed by atoms with E-state index in [0.717, 1.165) is 6.07 Å². The van der Waals surface area contributed by atoms with Crippen LogP contribution in [-0.4, -0.2) is 18.6 Å². The smallest absolute Gasteiger partial charge is 0.352 e. The average molecular weight is 246 g/mol. The number of alkyl halides is 3. The Morgan fingerprint density at radius 3 is 2.65 bits per heavy atom. The fourth-order valence-corrected chi connectivity index (χ4v) is 1.32. The van der Waals surface area contributed by atoms with Crippen LogP contribution in [0, 0.1) is 0 Å². The molecule has 0 bridgehead atoms. The van der Waals surface area contributed by atoms with Crippen molar-refractivity contribution in [1.82, 2.24) is 5.32 Å². The molecule has 1 amide bonds. The summed E-state index contributed by atoms with van der Waals surface area (Å²) in [5.74, 6) is -0.413. The lowest BCUT2D eigenvalue weighted by Gasteiger charge is -2.16. The third-order valence-corrected chi connectivity index (χ3v) is 2.20. The summed E-state index contributed by atoms with van der Waals surface area (Å²) in [6.07, 6.45) is -4.51. The van der Waals surface area contributed by atoms with Crippen molar-refractivity contribution in [3.63, 3.8) is 0 Å². The highest BCUT2D eigenvalue weighted by molar-refractivity contribution is 5.94. The van der Waals surface area contributed by atoms with E-state index < -0.39 is 18.1 Å². The Morgan fingerprint density at radius 2 is 2.12 bits per heavy atom. The Kier molecular flexibility index (Phi) is 4.11. The van der Waals surface area contributed by atoms with Crippen molar-refractivity contribution in [2.75, 3.05) is 6.54 Å². The summed E-state index contributed by atoms with van der Waals surface area (Å²) in [6, 6.07) is 3.16. The summed E-state index contributed by atoms with van der Waals surface area (Å²) < 4.78 is 37.2. The molecule has 0 radical (unpaired) electrons. The van der Waals surface area contributed by atoms with Crippen LogP contribution in [0.15, 0.2) is 24.3 Å². The van der Waals surface area contributed by atoms with Gasteiger partial charge in [0.15, 0.2) is 0 Å². The molecule has 1 aromatic carbocycles. The highest BCUT2D eigenvalue weighted by atomic mass is 19.4. The first kappa shape index (κ1) is 13.5. The maximum absolute atomic E-state index is 12.4. The largest absolute Gasteiger partial charge is 0.407 e. The molecule has 1 unspecified atom stereocenters. The zero-order valence-corrected chi connectivity index (χ0v) is 9.21. The molecule has 0 saturated carbocycles. The fourth-order valence-electron chi connectivity index (χ4n) is 1.32.